The maximum atomic E-state index is 11.9. The molecular formula is C68H80BN15O5Si. The second-order valence-electron chi connectivity index (χ2n) is 26.5. The number of ether oxygens (including phenoxy) is 2. The molecule has 10 heterocycles. The lowest BCUT2D eigenvalue weighted by molar-refractivity contribution is 0.00578. The maximum absolute atomic E-state index is 11.9. The molecule has 2 aromatic carbocycles. The van der Waals surface area contributed by atoms with E-state index in [2.05, 4.69) is 107 Å². The molecule has 13 rings (SSSR count). The van der Waals surface area contributed by atoms with Gasteiger partial charge in [0.15, 0.2) is 0 Å². The zero-order valence-corrected chi connectivity index (χ0v) is 54.5. The first-order valence-electron chi connectivity index (χ1n) is 30.7. The summed E-state index contributed by atoms with van der Waals surface area (Å²) in [5.74, 6) is 0. The largest absolute Gasteiger partial charge is 0.498 e. The SMILES string of the molecule is CC(C)(C)OC(=O)n1cc(B2OC(C)(C)C(C)(C)O2)cn1.Cc1cccc(-c2[nH]cnc2-c2ccc3ncc(-c4cnn([C@@H]5CCCC[C@H]5N)c4)cc3c2)n1.Cc1cccc(-c2c(-c3ccc4ncc(-c5cn[nH]c5)cc4c3)ncn2COCC[Si](C)(C)C)n1. The van der Waals surface area contributed by atoms with Gasteiger partial charge >= 0.3 is 13.2 Å². The molecule has 1 saturated heterocycles. The average molecular weight is 1230 g/mol. The Labute approximate surface area is 526 Å². The number of imidazole rings is 2. The Morgan fingerprint density at radius 1 is 0.722 bits per heavy atom. The Morgan fingerprint density at radius 2 is 1.36 bits per heavy atom. The summed E-state index contributed by atoms with van der Waals surface area (Å²) >= 11 is 0. The number of fused-ring (bicyclic) bond motifs is 2. The maximum Gasteiger partial charge on any atom is 0.498 e. The van der Waals surface area contributed by atoms with Crippen LogP contribution in [0, 0.1) is 13.8 Å². The fourth-order valence-corrected chi connectivity index (χ4v) is 11.6. The number of H-pyrrole nitrogens is 2. The van der Waals surface area contributed by atoms with E-state index in [4.69, 9.17) is 39.5 Å². The van der Waals surface area contributed by atoms with Crippen LogP contribution in [0.1, 0.15) is 91.6 Å². The van der Waals surface area contributed by atoms with E-state index in [9.17, 15) is 4.79 Å². The number of pyridine rings is 4. The summed E-state index contributed by atoms with van der Waals surface area (Å²) in [4.78, 5) is 43.4. The standard InChI is InChI=1S/C27H27N7.C27H30N6OSi.C14H23BN2O4/c1-17-5-4-7-24(33-17)27-26(30-16-31-27)18-9-10-23-19(11-18)12-20(13-29-23)21-14-32-34(15-21)25-8-3-2-6-22(25)28;1-19-6-5-7-25(32-19)27-26(29-17-33(27)18-34-10-11-35(2,3)4)20-8-9-24-21(12-20)13-22(14-28-24)23-15-30-31-16-23;1-12(2,3)19-11(18)17-9-10(8-16-17)15-20-13(4,5)14(6,7)21-15/h4-5,7,9-16,22,25H,2-3,6,8,28H2,1H3,(H,30,31);5-9,12-17H,10-11,18H2,1-4H3,(H,30,31);8-9H,1-7H3/t22-,25-;;/m1../s1. The van der Waals surface area contributed by atoms with Crippen molar-refractivity contribution in [3.63, 3.8) is 0 Å². The Balaban J connectivity index is 0.000000144. The van der Waals surface area contributed by atoms with E-state index in [1.807, 2.05) is 147 Å². The van der Waals surface area contributed by atoms with Crippen LogP contribution in [-0.2, 0) is 25.5 Å². The number of aryl methyl sites for hydroxylation is 2. The second kappa shape index (κ2) is 26.0. The van der Waals surface area contributed by atoms with Gasteiger partial charge in [-0.2, -0.15) is 20.0 Å². The van der Waals surface area contributed by atoms with Crippen LogP contribution >= 0.6 is 0 Å². The zero-order valence-electron chi connectivity index (χ0n) is 53.5. The quantitative estimate of drug-likeness (QED) is 0.0718. The molecule has 464 valence electrons. The number of carbonyl (C=O) groups is 1. The molecule has 9 aromatic heterocycles. The minimum atomic E-state index is -1.15. The minimum Gasteiger partial charge on any atom is -0.442 e. The van der Waals surface area contributed by atoms with E-state index in [0.717, 1.165) is 131 Å². The average Bonchev–Trinajstić information content (AvgIpc) is 1.59. The first-order valence-corrected chi connectivity index (χ1v) is 34.4. The summed E-state index contributed by atoms with van der Waals surface area (Å²) in [5.41, 5.74) is 21.0. The third kappa shape index (κ3) is 14.6. The molecule has 20 nitrogen and oxygen atoms in total. The van der Waals surface area contributed by atoms with Gasteiger partial charge in [-0.15, -0.1) is 0 Å². The van der Waals surface area contributed by atoms with Crippen molar-refractivity contribution in [2.75, 3.05) is 6.61 Å². The molecule has 4 N–H and O–H groups in total. The molecule has 0 radical (unpaired) electrons. The van der Waals surface area contributed by atoms with Gasteiger partial charge in [0.05, 0.1) is 87.5 Å². The first-order chi connectivity index (χ1) is 42.9. The van der Waals surface area contributed by atoms with Crippen LogP contribution in [-0.4, -0.2) is 120 Å². The number of hydrogen-bond donors (Lipinski definition) is 3. The van der Waals surface area contributed by atoms with Crippen molar-refractivity contribution in [3.8, 4) is 67.5 Å². The van der Waals surface area contributed by atoms with Gasteiger partial charge in [-0.05, 0) is 142 Å². The fourth-order valence-electron chi connectivity index (χ4n) is 10.8. The van der Waals surface area contributed by atoms with Crippen molar-refractivity contribution in [2.24, 2.45) is 5.73 Å². The Bertz CT molecular complexity index is 4270. The van der Waals surface area contributed by atoms with E-state index in [0.29, 0.717) is 12.2 Å². The fraction of sp³-hybridized carbons (Fsp3) is 0.353. The van der Waals surface area contributed by atoms with Crippen molar-refractivity contribution in [3.05, 3.63) is 159 Å². The van der Waals surface area contributed by atoms with Crippen molar-refractivity contribution >= 4 is 48.6 Å². The molecule has 90 heavy (non-hydrogen) atoms. The number of aromatic nitrogens is 14. The van der Waals surface area contributed by atoms with Crippen molar-refractivity contribution in [1.82, 2.24) is 69.2 Å². The number of nitrogens with one attached hydrogen (secondary N) is 2. The number of nitrogens with zero attached hydrogens (tertiary/aromatic N) is 12. The number of benzene rings is 2. The molecule has 11 aromatic rings. The number of carbonyl (C=O) groups excluding carboxylic acids is 1. The van der Waals surface area contributed by atoms with Gasteiger partial charge in [0.25, 0.3) is 0 Å². The highest BCUT2D eigenvalue weighted by molar-refractivity contribution is 6.76. The van der Waals surface area contributed by atoms with Crippen LogP contribution in [0.4, 0.5) is 4.79 Å². The molecule has 0 bridgehead atoms. The monoisotopic (exact) mass is 1230 g/mol. The molecule has 2 atom stereocenters. The van der Waals surface area contributed by atoms with Gasteiger partial charge in [-0.25, -0.2) is 14.8 Å². The minimum absolute atomic E-state index is 0.171. The number of nitrogens with two attached hydrogens (primary N) is 1. The van der Waals surface area contributed by atoms with Gasteiger partial charge in [-0.1, -0.05) is 56.7 Å². The van der Waals surface area contributed by atoms with E-state index >= 15 is 0 Å². The van der Waals surface area contributed by atoms with E-state index in [1.165, 1.54) is 12.8 Å². The first kappa shape index (κ1) is 62.8. The predicted molar refractivity (Wildman–Crippen MR) is 356 cm³/mol. The van der Waals surface area contributed by atoms with Crippen LogP contribution in [0.2, 0.25) is 25.7 Å². The molecule has 0 unspecified atom stereocenters. The van der Waals surface area contributed by atoms with Crippen LogP contribution in [0.3, 0.4) is 0 Å². The van der Waals surface area contributed by atoms with Crippen LogP contribution < -0.4 is 11.2 Å². The van der Waals surface area contributed by atoms with Gasteiger partial charge in [-0.3, -0.25) is 29.7 Å². The van der Waals surface area contributed by atoms with Crippen molar-refractivity contribution < 1.29 is 23.6 Å². The van der Waals surface area contributed by atoms with Crippen LogP contribution in [0.15, 0.2) is 147 Å². The molecule has 2 aliphatic rings. The summed E-state index contributed by atoms with van der Waals surface area (Å²) in [7, 11) is -1.69. The topological polar surface area (TPSA) is 242 Å². The number of hydrogen-bond acceptors (Lipinski definition) is 15. The van der Waals surface area contributed by atoms with Gasteiger partial charge in [0.2, 0.25) is 0 Å². The number of rotatable bonds is 13. The van der Waals surface area contributed by atoms with Gasteiger partial charge in [0.1, 0.15) is 12.3 Å². The number of aromatic amines is 2. The van der Waals surface area contributed by atoms with Gasteiger partial charge < -0.3 is 34.1 Å². The Morgan fingerprint density at radius 3 is 1.99 bits per heavy atom. The highest BCUT2D eigenvalue weighted by Crippen LogP contribution is 2.38. The molecule has 0 spiro atoms. The molecule has 1 aliphatic carbocycles. The summed E-state index contributed by atoms with van der Waals surface area (Å²) in [5, 5.41) is 17.7. The van der Waals surface area contributed by atoms with E-state index in [-0.39, 0.29) is 12.1 Å². The van der Waals surface area contributed by atoms with Crippen molar-refractivity contribution in [1.29, 1.82) is 0 Å². The second-order valence-corrected chi connectivity index (χ2v) is 32.1. The molecule has 22 heteroatoms. The van der Waals surface area contributed by atoms with Gasteiger partial charge in [0, 0.05) is 119 Å². The normalized spacial score (nSPS) is 16.4. The molecule has 0 amide bonds. The Kier molecular flexibility index (Phi) is 18.1. The lowest BCUT2D eigenvalue weighted by Crippen LogP contribution is -2.41. The Hall–Kier alpha value is -8.80. The zero-order chi connectivity index (χ0) is 63.5. The van der Waals surface area contributed by atoms with Crippen molar-refractivity contribution in [2.45, 2.75) is 149 Å². The highest BCUT2D eigenvalue weighted by atomic mass is 28.3. The third-order valence-electron chi connectivity index (χ3n) is 16.5. The van der Waals surface area contributed by atoms with Crippen LogP contribution in [0.25, 0.3) is 89.4 Å². The smallest absolute Gasteiger partial charge is 0.442 e. The molecule has 2 fully saturated rings. The lowest BCUT2D eigenvalue weighted by Gasteiger charge is -2.32. The summed E-state index contributed by atoms with van der Waals surface area (Å²) in [6.07, 6.45) is 22.3. The molecular weight excluding hydrogens is 1150 g/mol. The lowest BCUT2D eigenvalue weighted by atomic mass is 9.82. The third-order valence-corrected chi connectivity index (χ3v) is 18.2. The van der Waals surface area contributed by atoms with Crippen LogP contribution in [0.5, 0.6) is 0 Å². The summed E-state index contributed by atoms with van der Waals surface area (Å²) in [6.45, 7) is 25.6. The molecule has 1 saturated carbocycles. The van der Waals surface area contributed by atoms with E-state index < -0.39 is 38.1 Å². The van der Waals surface area contributed by atoms with E-state index in [1.54, 1.807) is 24.9 Å². The predicted octanol–water partition coefficient (Wildman–Crippen LogP) is 13.4. The molecule has 1 aliphatic heterocycles. The highest BCUT2D eigenvalue weighted by Gasteiger charge is 2.52. The summed E-state index contributed by atoms with van der Waals surface area (Å²) < 4.78 is 28.4. The summed E-state index contributed by atoms with van der Waals surface area (Å²) in [6, 6.07) is 30.5.